The van der Waals surface area contributed by atoms with E-state index in [1.54, 1.807) is 0 Å². The van der Waals surface area contributed by atoms with E-state index >= 15 is 0 Å². The first kappa shape index (κ1) is 20.0. The molecule has 2 N–H and O–H groups in total. The molecule has 0 spiro atoms. The topological polar surface area (TPSA) is 67.2 Å². The third-order valence-corrected chi connectivity index (χ3v) is 4.41. The molecule has 1 amide bonds. The summed E-state index contributed by atoms with van der Waals surface area (Å²) in [6.07, 6.45) is 2.49. The number of furan rings is 1. The van der Waals surface area contributed by atoms with Crippen molar-refractivity contribution in [2.24, 2.45) is 0 Å². The molecular weight excluding hydrogens is 357 g/mol. The van der Waals surface area contributed by atoms with Crippen LogP contribution in [0.25, 0.3) is 10.8 Å². The first-order chi connectivity index (χ1) is 10.2. The Morgan fingerprint density at radius 3 is 2.96 bits per heavy atom. The van der Waals surface area contributed by atoms with Gasteiger partial charge in [0.2, 0.25) is 5.91 Å². The van der Waals surface area contributed by atoms with Gasteiger partial charge in [0.05, 0.1) is 12.1 Å². The van der Waals surface area contributed by atoms with E-state index in [9.17, 15) is 4.79 Å². The second kappa shape index (κ2) is 9.27. The normalized spacial score (nSPS) is 17.0. The van der Waals surface area contributed by atoms with Crippen molar-refractivity contribution in [3.8, 4) is 10.8 Å². The zero-order valence-corrected chi connectivity index (χ0v) is 15.3. The zero-order chi connectivity index (χ0) is 14.7. The average Bonchev–Trinajstić information content (AvgIpc) is 3.09. The Kier molecular flexibility index (Phi) is 8.05. The van der Waals surface area contributed by atoms with Gasteiger partial charge in [-0.1, -0.05) is 0 Å². The fourth-order valence-corrected chi connectivity index (χ4v) is 3.25. The van der Waals surface area contributed by atoms with Gasteiger partial charge in [0.15, 0.2) is 10.8 Å². The van der Waals surface area contributed by atoms with Crippen molar-refractivity contribution in [1.29, 1.82) is 0 Å². The van der Waals surface area contributed by atoms with Crippen LogP contribution in [-0.4, -0.2) is 30.0 Å². The Balaban J connectivity index is 0.00000132. The molecule has 1 saturated heterocycles. The maximum atomic E-state index is 12.0. The number of amides is 1. The van der Waals surface area contributed by atoms with Gasteiger partial charge in [-0.3, -0.25) is 4.79 Å². The summed E-state index contributed by atoms with van der Waals surface area (Å²) in [5.41, 5.74) is 0.797. The minimum atomic E-state index is 0. The molecule has 23 heavy (non-hydrogen) atoms. The van der Waals surface area contributed by atoms with Crippen LogP contribution >= 0.6 is 36.2 Å². The Labute approximate surface area is 152 Å². The predicted octanol–water partition coefficient (Wildman–Crippen LogP) is 2.97. The summed E-state index contributed by atoms with van der Waals surface area (Å²) in [4.78, 5) is 16.5. The number of aromatic nitrogens is 1. The molecule has 1 aliphatic heterocycles. The number of piperidine rings is 1. The smallest absolute Gasteiger partial charge is 0.226 e. The highest BCUT2D eigenvalue weighted by molar-refractivity contribution is 7.13. The van der Waals surface area contributed by atoms with E-state index in [1.807, 2.05) is 24.4 Å². The molecule has 0 aliphatic carbocycles. The molecule has 8 heteroatoms. The largest absolute Gasteiger partial charge is 0.459 e. The van der Waals surface area contributed by atoms with E-state index in [1.165, 1.54) is 11.3 Å². The number of thiazole rings is 1. The van der Waals surface area contributed by atoms with Crippen LogP contribution < -0.4 is 10.6 Å². The maximum absolute atomic E-state index is 12.0. The van der Waals surface area contributed by atoms with Gasteiger partial charge in [-0.2, -0.15) is 0 Å². The number of nitrogens with one attached hydrogen (secondary N) is 2. The number of carbonyl (C=O) groups excluding carboxylic acids is 1. The Morgan fingerprint density at radius 2 is 2.30 bits per heavy atom. The molecule has 0 radical (unpaired) electrons. The van der Waals surface area contributed by atoms with Gasteiger partial charge in [0, 0.05) is 18.0 Å². The molecule has 128 valence electrons. The van der Waals surface area contributed by atoms with Crippen LogP contribution in [0.1, 0.15) is 24.3 Å². The molecule has 2 aromatic rings. The van der Waals surface area contributed by atoms with E-state index in [2.05, 4.69) is 15.6 Å². The van der Waals surface area contributed by atoms with Gasteiger partial charge < -0.3 is 15.1 Å². The monoisotopic (exact) mass is 377 g/mol. The Morgan fingerprint density at radius 1 is 1.48 bits per heavy atom. The van der Waals surface area contributed by atoms with Crippen LogP contribution in [0.3, 0.4) is 0 Å². The number of nitrogens with zero attached hydrogens (tertiary/aromatic N) is 1. The molecule has 2 aromatic heterocycles. The fraction of sp³-hybridized carbons (Fsp3) is 0.467. The van der Waals surface area contributed by atoms with Crippen LogP contribution in [-0.2, 0) is 11.2 Å². The molecular formula is C15H21Cl2N3O2S. The summed E-state index contributed by atoms with van der Waals surface area (Å²) in [6.45, 7) is 3.81. The summed E-state index contributed by atoms with van der Waals surface area (Å²) in [7, 11) is 0. The number of hydrogen-bond acceptors (Lipinski definition) is 5. The van der Waals surface area contributed by atoms with Crippen molar-refractivity contribution in [2.45, 2.75) is 32.2 Å². The van der Waals surface area contributed by atoms with E-state index in [4.69, 9.17) is 4.42 Å². The SMILES string of the molecule is Cc1ccc(-c2nc(CC(=O)NC3CCCNC3)cs2)o1.Cl.Cl. The standard InChI is InChI=1S/C15H19N3O2S.2ClH/c1-10-4-5-13(20-10)15-18-12(9-21-15)7-14(19)17-11-3-2-6-16-8-11;;/h4-5,9,11,16H,2-3,6-8H2,1H3,(H,17,19);2*1H. The van der Waals surface area contributed by atoms with Gasteiger partial charge >= 0.3 is 0 Å². The summed E-state index contributed by atoms with van der Waals surface area (Å²) < 4.78 is 5.55. The molecule has 3 rings (SSSR count). The molecule has 0 saturated carbocycles. The average molecular weight is 378 g/mol. The second-order valence-corrected chi connectivity index (χ2v) is 6.20. The lowest BCUT2D eigenvalue weighted by Gasteiger charge is -2.23. The third kappa shape index (κ3) is 5.49. The van der Waals surface area contributed by atoms with Crippen LogP contribution in [0.5, 0.6) is 0 Å². The highest BCUT2D eigenvalue weighted by Crippen LogP contribution is 2.25. The fourth-order valence-electron chi connectivity index (χ4n) is 2.47. The number of halogens is 2. The quantitative estimate of drug-likeness (QED) is 0.859. The highest BCUT2D eigenvalue weighted by atomic mass is 35.5. The third-order valence-electron chi connectivity index (χ3n) is 3.51. The van der Waals surface area contributed by atoms with E-state index in [-0.39, 0.29) is 36.8 Å². The number of carbonyl (C=O) groups is 1. The molecule has 1 atom stereocenters. The summed E-state index contributed by atoms with van der Waals surface area (Å²) in [6, 6.07) is 4.07. The molecule has 1 aliphatic rings. The van der Waals surface area contributed by atoms with Crippen LogP contribution in [0.2, 0.25) is 0 Å². The van der Waals surface area contributed by atoms with Crippen molar-refractivity contribution >= 4 is 42.1 Å². The molecule has 1 unspecified atom stereocenters. The maximum Gasteiger partial charge on any atom is 0.226 e. The highest BCUT2D eigenvalue weighted by Gasteiger charge is 2.16. The lowest BCUT2D eigenvalue weighted by molar-refractivity contribution is -0.121. The lowest BCUT2D eigenvalue weighted by atomic mass is 10.1. The predicted molar refractivity (Wildman–Crippen MR) is 96.8 cm³/mol. The van der Waals surface area contributed by atoms with Gasteiger partial charge in [-0.05, 0) is 38.4 Å². The van der Waals surface area contributed by atoms with Crippen molar-refractivity contribution < 1.29 is 9.21 Å². The van der Waals surface area contributed by atoms with E-state index < -0.39 is 0 Å². The van der Waals surface area contributed by atoms with Gasteiger partial charge in [0.1, 0.15) is 5.76 Å². The molecule has 5 nitrogen and oxygen atoms in total. The summed E-state index contributed by atoms with van der Waals surface area (Å²) in [5, 5.41) is 9.10. The first-order valence-corrected chi connectivity index (χ1v) is 8.10. The van der Waals surface area contributed by atoms with Gasteiger partial charge in [-0.25, -0.2) is 4.98 Å². The van der Waals surface area contributed by atoms with Crippen molar-refractivity contribution in [2.75, 3.05) is 13.1 Å². The van der Waals surface area contributed by atoms with Crippen LogP contribution in [0, 0.1) is 6.92 Å². The van der Waals surface area contributed by atoms with Gasteiger partial charge in [-0.15, -0.1) is 36.2 Å². The Hall–Kier alpha value is -1.08. The molecule has 3 heterocycles. The molecule has 0 aromatic carbocycles. The summed E-state index contributed by atoms with van der Waals surface area (Å²) >= 11 is 1.51. The van der Waals surface area contributed by atoms with E-state index in [0.717, 1.165) is 48.2 Å². The van der Waals surface area contributed by atoms with Gasteiger partial charge in [0.25, 0.3) is 0 Å². The molecule has 0 bridgehead atoms. The second-order valence-electron chi connectivity index (χ2n) is 5.34. The molecule has 1 fully saturated rings. The van der Waals surface area contributed by atoms with E-state index in [0.29, 0.717) is 6.42 Å². The van der Waals surface area contributed by atoms with Crippen molar-refractivity contribution in [3.63, 3.8) is 0 Å². The van der Waals surface area contributed by atoms with Crippen LogP contribution in [0.15, 0.2) is 21.9 Å². The van der Waals surface area contributed by atoms with Crippen molar-refractivity contribution in [1.82, 2.24) is 15.6 Å². The minimum absolute atomic E-state index is 0. The zero-order valence-electron chi connectivity index (χ0n) is 12.8. The van der Waals surface area contributed by atoms with Crippen molar-refractivity contribution in [3.05, 3.63) is 29.0 Å². The number of hydrogen-bond donors (Lipinski definition) is 2. The first-order valence-electron chi connectivity index (χ1n) is 7.22. The number of rotatable bonds is 4. The number of aryl methyl sites for hydroxylation is 1. The Bertz CT molecular complexity index is 624. The minimum Gasteiger partial charge on any atom is -0.459 e. The summed E-state index contributed by atoms with van der Waals surface area (Å²) in [5.74, 6) is 1.67. The van der Waals surface area contributed by atoms with Crippen LogP contribution in [0.4, 0.5) is 0 Å². The lowest BCUT2D eigenvalue weighted by Crippen LogP contribution is -2.46.